The lowest BCUT2D eigenvalue weighted by Gasteiger charge is -2.25. The molecule has 3 amide bonds. The molecule has 0 aliphatic rings. The molecule has 0 atom stereocenters. The van der Waals surface area contributed by atoms with Crippen molar-refractivity contribution in [2.75, 3.05) is 18.4 Å². The molecule has 0 unspecified atom stereocenters. The fraction of sp³-hybridized carbons (Fsp3) is 0.545. The highest BCUT2D eigenvalue weighted by atomic mass is 16.6. The number of amides is 3. The summed E-state index contributed by atoms with van der Waals surface area (Å²) < 4.78 is 9.69. The molecule has 1 rings (SSSR count). The predicted octanol–water partition coefficient (Wildman–Crippen LogP) is 1.40. The van der Waals surface area contributed by atoms with Gasteiger partial charge in [0.1, 0.15) is 11.9 Å². The third kappa shape index (κ3) is 4.96. The van der Waals surface area contributed by atoms with Crippen LogP contribution in [0.1, 0.15) is 20.8 Å². The molecule has 0 saturated heterocycles. The Morgan fingerprint density at radius 2 is 2.21 bits per heavy atom. The van der Waals surface area contributed by atoms with E-state index in [0.717, 1.165) is 4.90 Å². The molecule has 19 heavy (non-hydrogen) atoms. The highest BCUT2D eigenvalue weighted by Crippen LogP contribution is 2.11. The summed E-state index contributed by atoms with van der Waals surface area (Å²) in [7, 11) is 0. The van der Waals surface area contributed by atoms with Crippen LogP contribution in [-0.4, -0.2) is 40.9 Å². The number of urea groups is 1. The molecule has 0 saturated carbocycles. The van der Waals surface area contributed by atoms with E-state index < -0.39 is 17.7 Å². The predicted molar refractivity (Wildman–Crippen MR) is 67.5 cm³/mol. The zero-order valence-electron chi connectivity index (χ0n) is 11.2. The fourth-order valence-corrected chi connectivity index (χ4v) is 1.18. The monoisotopic (exact) mass is 270 g/mol. The molecule has 0 radical (unpaired) electrons. The van der Waals surface area contributed by atoms with Gasteiger partial charge in [-0.05, 0) is 20.8 Å². The summed E-state index contributed by atoms with van der Waals surface area (Å²) in [5.74, 6) is 0.204. The number of aromatic nitrogens is 1. The van der Waals surface area contributed by atoms with Crippen LogP contribution >= 0.6 is 0 Å². The van der Waals surface area contributed by atoms with Gasteiger partial charge in [-0.2, -0.15) is 0 Å². The van der Waals surface area contributed by atoms with Crippen LogP contribution in [-0.2, 0) is 4.74 Å². The number of anilines is 1. The van der Waals surface area contributed by atoms with Gasteiger partial charge in [-0.25, -0.2) is 14.5 Å². The first-order valence-electron chi connectivity index (χ1n) is 5.75. The Kier molecular flexibility index (Phi) is 4.87. The van der Waals surface area contributed by atoms with E-state index in [1.807, 2.05) is 0 Å². The Labute approximate surface area is 110 Å². The number of nitrogens with two attached hydrogens (primary N) is 1. The zero-order valence-corrected chi connectivity index (χ0v) is 11.2. The van der Waals surface area contributed by atoms with Crippen molar-refractivity contribution in [2.24, 2.45) is 5.73 Å². The summed E-state index contributed by atoms with van der Waals surface area (Å²) in [5.41, 5.74) is 4.68. The van der Waals surface area contributed by atoms with Gasteiger partial charge in [0.2, 0.25) is 0 Å². The Morgan fingerprint density at radius 3 is 2.68 bits per heavy atom. The molecule has 1 aromatic rings. The number of nitrogens with zero attached hydrogens (tertiary/aromatic N) is 2. The molecule has 0 aliphatic heterocycles. The smallest absolute Gasteiger partial charge is 0.418 e. The number of imide groups is 1. The maximum Gasteiger partial charge on any atom is 0.418 e. The molecule has 0 fully saturated rings. The van der Waals surface area contributed by atoms with Gasteiger partial charge >= 0.3 is 12.1 Å². The average molecular weight is 270 g/mol. The quantitative estimate of drug-likeness (QED) is 0.858. The van der Waals surface area contributed by atoms with Gasteiger partial charge in [-0.15, -0.1) is 0 Å². The lowest BCUT2D eigenvalue weighted by atomic mass is 10.2. The van der Waals surface area contributed by atoms with Gasteiger partial charge in [0.15, 0.2) is 5.82 Å². The van der Waals surface area contributed by atoms with Crippen molar-refractivity contribution in [2.45, 2.75) is 26.4 Å². The summed E-state index contributed by atoms with van der Waals surface area (Å²) in [6.45, 7) is 5.30. The van der Waals surface area contributed by atoms with Gasteiger partial charge in [-0.1, -0.05) is 5.16 Å². The number of rotatable bonds is 3. The summed E-state index contributed by atoms with van der Waals surface area (Å²) >= 11 is 0. The first kappa shape index (κ1) is 15.0. The highest BCUT2D eigenvalue weighted by molar-refractivity contribution is 5.98. The normalized spacial score (nSPS) is 10.9. The first-order chi connectivity index (χ1) is 8.83. The average Bonchev–Trinajstić information content (AvgIpc) is 2.75. The standard InChI is InChI=1S/C11H18N4O4/c1-11(2,3)19-10(17)15(6-5-12)9(16)13-8-4-7-18-14-8/h4,7H,5-6,12H2,1-3H3,(H,13,14,16). The van der Waals surface area contributed by atoms with E-state index in [-0.39, 0.29) is 18.9 Å². The second-order valence-corrected chi connectivity index (χ2v) is 4.74. The molecule has 3 N–H and O–H groups in total. The van der Waals surface area contributed by atoms with E-state index in [9.17, 15) is 9.59 Å². The Bertz CT molecular complexity index is 424. The minimum Gasteiger partial charge on any atom is -0.443 e. The van der Waals surface area contributed by atoms with Gasteiger partial charge < -0.3 is 15.0 Å². The van der Waals surface area contributed by atoms with Crippen LogP contribution in [0.5, 0.6) is 0 Å². The second kappa shape index (κ2) is 6.19. The van der Waals surface area contributed by atoms with Crippen molar-refractivity contribution >= 4 is 17.9 Å². The lowest BCUT2D eigenvalue weighted by Crippen LogP contribution is -2.45. The van der Waals surface area contributed by atoms with Crippen molar-refractivity contribution in [1.29, 1.82) is 0 Å². The number of nitrogens with one attached hydrogen (secondary N) is 1. The minimum absolute atomic E-state index is 0.0403. The summed E-state index contributed by atoms with van der Waals surface area (Å²) in [5, 5.41) is 5.91. The van der Waals surface area contributed by atoms with Crippen LogP contribution in [0.25, 0.3) is 0 Å². The van der Waals surface area contributed by atoms with Crippen LogP contribution < -0.4 is 11.1 Å². The third-order valence-corrected chi connectivity index (χ3v) is 1.88. The maximum absolute atomic E-state index is 11.9. The van der Waals surface area contributed by atoms with E-state index in [0.29, 0.717) is 0 Å². The summed E-state index contributed by atoms with van der Waals surface area (Å²) in [6.07, 6.45) is 0.537. The van der Waals surface area contributed by atoms with Crippen LogP contribution in [0.15, 0.2) is 16.9 Å². The van der Waals surface area contributed by atoms with Gasteiger partial charge in [-0.3, -0.25) is 5.32 Å². The molecule has 106 valence electrons. The van der Waals surface area contributed by atoms with Gasteiger partial charge in [0, 0.05) is 19.2 Å². The highest BCUT2D eigenvalue weighted by Gasteiger charge is 2.27. The second-order valence-electron chi connectivity index (χ2n) is 4.74. The molecular formula is C11H18N4O4. The number of hydrogen-bond donors (Lipinski definition) is 2. The Hall–Kier alpha value is -2.09. The van der Waals surface area contributed by atoms with Crippen LogP contribution in [0.4, 0.5) is 15.4 Å². The zero-order chi connectivity index (χ0) is 14.5. The molecule has 1 aromatic heterocycles. The topological polar surface area (TPSA) is 111 Å². The van der Waals surface area contributed by atoms with E-state index in [2.05, 4.69) is 15.0 Å². The van der Waals surface area contributed by atoms with E-state index in [4.69, 9.17) is 10.5 Å². The SMILES string of the molecule is CC(C)(C)OC(=O)N(CCN)C(=O)Nc1ccon1. The third-order valence-electron chi connectivity index (χ3n) is 1.88. The Balaban J connectivity index is 2.70. The van der Waals surface area contributed by atoms with Crippen LogP contribution in [0.3, 0.4) is 0 Å². The minimum atomic E-state index is -0.765. The van der Waals surface area contributed by atoms with E-state index in [1.54, 1.807) is 20.8 Å². The van der Waals surface area contributed by atoms with E-state index >= 15 is 0 Å². The van der Waals surface area contributed by atoms with Crippen molar-refractivity contribution in [1.82, 2.24) is 10.1 Å². The molecule has 0 bridgehead atoms. The largest absolute Gasteiger partial charge is 0.443 e. The number of carbonyl (C=O) groups excluding carboxylic acids is 2. The molecule has 0 aromatic carbocycles. The number of ether oxygens (including phenoxy) is 1. The van der Waals surface area contributed by atoms with Crippen LogP contribution in [0.2, 0.25) is 0 Å². The first-order valence-corrected chi connectivity index (χ1v) is 5.75. The summed E-state index contributed by atoms with van der Waals surface area (Å²) in [4.78, 5) is 24.6. The van der Waals surface area contributed by atoms with Crippen molar-refractivity contribution in [3.8, 4) is 0 Å². The maximum atomic E-state index is 11.9. The van der Waals surface area contributed by atoms with Crippen LogP contribution in [0, 0.1) is 0 Å². The number of hydrogen-bond acceptors (Lipinski definition) is 6. The van der Waals surface area contributed by atoms with Crippen molar-refractivity contribution in [3.63, 3.8) is 0 Å². The van der Waals surface area contributed by atoms with Crippen molar-refractivity contribution in [3.05, 3.63) is 12.3 Å². The fourth-order valence-electron chi connectivity index (χ4n) is 1.18. The molecule has 1 heterocycles. The Morgan fingerprint density at radius 1 is 1.53 bits per heavy atom. The van der Waals surface area contributed by atoms with E-state index in [1.165, 1.54) is 12.3 Å². The molecule has 0 spiro atoms. The molecular weight excluding hydrogens is 252 g/mol. The number of carbonyl (C=O) groups is 2. The lowest BCUT2D eigenvalue weighted by molar-refractivity contribution is 0.0336. The molecule has 8 heteroatoms. The van der Waals surface area contributed by atoms with Gasteiger partial charge in [0.05, 0.1) is 0 Å². The van der Waals surface area contributed by atoms with Crippen molar-refractivity contribution < 1.29 is 18.8 Å². The van der Waals surface area contributed by atoms with Gasteiger partial charge in [0.25, 0.3) is 0 Å². The molecule has 0 aliphatic carbocycles. The molecule has 8 nitrogen and oxygen atoms in total. The summed E-state index contributed by atoms with van der Waals surface area (Å²) in [6, 6.07) is 0.779.